The van der Waals surface area contributed by atoms with Gasteiger partial charge in [-0.15, -0.1) is 0 Å². The lowest BCUT2D eigenvalue weighted by molar-refractivity contribution is -0.240. The third-order valence-electron chi connectivity index (χ3n) is 6.90. The fourth-order valence-electron chi connectivity index (χ4n) is 4.76. The lowest BCUT2D eigenvalue weighted by atomic mass is 10.0. The average Bonchev–Trinajstić information content (AvgIpc) is 3.16. The van der Waals surface area contributed by atoms with E-state index >= 15 is 0 Å². The zero-order valence-corrected chi connectivity index (χ0v) is 21.7. The van der Waals surface area contributed by atoms with E-state index in [0.717, 1.165) is 22.9 Å². The second kappa shape index (κ2) is 12.5. The highest BCUT2D eigenvalue weighted by Crippen LogP contribution is 2.34. The Morgan fingerprint density at radius 3 is 2.59 bits per heavy atom. The molecule has 0 saturated carbocycles. The van der Waals surface area contributed by atoms with Crippen LogP contribution in [0.15, 0.2) is 33.7 Å². The third-order valence-corrected chi connectivity index (χ3v) is 6.90. The molecule has 3 aliphatic heterocycles. The second-order valence-corrected chi connectivity index (χ2v) is 9.64. The van der Waals surface area contributed by atoms with Crippen molar-refractivity contribution in [3.05, 3.63) is 44.9 Å². The summed E-state index contributed by atoms with van der Waals surface area (Å²) < 4.78 is 22.8. The maximum atomic E-state index is 12.9. The number of aliphatic hydroxyl groups is 3. The monoisotopic (exact) mass is 585 g/mol. The predicted octanol–water partition coefficient (Wildman–Crippen LogP) is -4.47. The smallest absolute Gasteiger partial charge is 0.330 e. The summed E-state index contributed by atoms with van der Waals surface area (Å²) in [6, 6.07) is -0.0746. The minimum atomic E-state index is -1.90. The zero-order chi connectivity index (χ0) is 30.0. The maximum Gasteiger partial charge on any atom is 0.330 e. The number of carbonyl (C=O) groups excluding carboxylic acids is 3. The fourth-order valence-corrected chi connectivity index (χ4v) is 4.76. The van der Waals surface area contributed by atoms with Crippen molar-refractivity contribution in [2.75, 3.05) is 13.7 Å². The van der Waals surface area contributed by atoms with Gasteiger partial charge in [0.2, 0.25) is 12.2 Å². The molecule has 41 heavy (non-hydrogen) atoms. The summed E-state index contributed by atoms with van der Waals surface area (Å²) >= 11 is 0. The van der Waals surface area contributed by atoms with Gasteiger partial charge < -0.3 is 45.3 Å². The zero-order valence-electron chi connectivity index (χ0n) is 21.7. The molecule has 2 fully saturated rings. The Bertz CT molecular complexity index is 1300. The van der Waals surface area contributed by atoms with Crippen LogP contribution in [-0.4, -0.2) is 115 Å². The number of aromatic nitrogens is 2. The molecule has 4 rings (SSSR count). The van der Waals surface area contributed by atoms with Crippen molar-refractivity contribution in [2.24, 2.45) is 5.73 Å². The number of hydrogen-bond acceptors (Lipinski definition) is 13. The average molecular weight is 586 g/mol. The van der Waals surface area contributed by atoms with Crippen molar-refractivity contribution in [1.29, 1.82) is 0 Å². The van der Waals surface area contributed by atoms with Crippen LogP contribution in [0.4, 0.5) is 0 Å². The Balaban J connectivity index is 1.52. The number of aliphatic hydroxyl groups excluding tert-OH is 3. The van der Waals surface area contributed by atoms with E-state index in [0.29, 0.717) is 17.9 Å². The van der Waals surface area contributed by atoms with Gasteiger partial charge in [0.15, 0.2) is 18.1 Å². The second-order valence-electron chi connectivity index (χ2n) is 9.64. The van der Waals surface area contributed by atoms with Gasteiger partial charge in [-0.25, -0.2) is 9.86 Å². The molecule has 8 N–H and O–H groups in total. The molecule has 226 valence electrons. The number of carbonyl (C=O) groups is 3. The number of ether oxygens (including phenoxy) is 4. The molecule has 18 heteroatoms. The van der Waals surface area contributed by atoms with Gasteiger partial charge in [-0.2, -0.15) is 0 Å². The first-order chi connectivity index (χ1) is 19.4. The molecule has 3 amide bonds. The van der Waals surface area contributed by atoms with E-state index in [4.69, 9.17) is 24.7 Å². The van der Waals surface area contributed by atoms with Crippen LogP contribution >= 0.6 is 0 Å². The molecule has 0 aromatic carbocycles. The molecule has 0 bridgehead atoms. The summed E-state index contributed by atoms with van der Waals surface area (Å²) in [6.45, 7) is 0.0937. The van der Waals surface area contributed by atoms with E-state index in [-0.39, 0.29) is 13.0 Å². The summed E-state index contributed by atoms with van der Waals surface area (Å²) in [5.74, 6) is -3.51. The van der Waals surface area contributed by atoms with E-state index in [1.165, 1.54) is 7.11 Å². The van der Waals surface area contributed by atoms with Gasteiger partial charge in [0, 0.05) is 25.9 Å². The minimum Gasteiger partial charge on any atom is -0.456 e. The third kappa shape index (κ3) is 6.32. The van der Waals surface area contributed by atoms with E-state index in [1.54, 1.807) is 0 Å². The molecule has 0 spiro atoms. The number of nitrogens with zero attached hydrogens (tertiary/aromatic N) is 2. The lowest BCUT2D eigenvalue weighted by Crippen LogP contribution is -2.54. The SMILES string of the molecule is COC1C(O)C(C(OC2OC(C(=O)NC3CCCCN(O)C3=O)=CC(O)C2O)C(N)=O)OC1n1ccc(=O)[nH]c1=O. The van der Waals surface area contributed by atoms with Crippen LogP contribution in [0.25, 0.3) is 0 Å². The van der Waals surface area contributed by atoms with Gasteiger partial charge in [-0.1, -0.05) is 0 Å². The number of rotatable bonds is 8. The predicted molar refractivity (Wildman–Crippen MR) is 130 cm³/mol. The van der Waals surface area contributed by atoms with Crippen molar-refractivity contribution in [1.82, 2.24) is 19.9 Å². The summed E-state index contributed by atoms with van der Waals surface area (Å²) in [5, 5.41) is 44.3. The Labute approximate surface area is 230 Å². The van der Waals surface area contributed by atoms with E-state index in [2.05, 4.69) is 5.32 Å². The first-order valence-electron chi connectivity index (χ1n) is 12.6. The standard InChI is InChI=1S/C23H31N5O13/c1-38-16-14(32)15(40-21(16)27-7-5-12(30)26-23(27)36)17(18(24)33)41-22-13(31)10(29)8-11(39-22)19(34)25-9-4-2-3-6-28(37)20(9)35/h5,7-10,13-17,21-22,29,31-32,37H,2-4,6H2,1H3,(H2,24,33)(H,25,34)(H,26,30,36). The van der Waals surface area contributed by atoms with Crippen molar-refractivity contribution < 1.29 is 53.9 Å². The highest BCUT2D eigenvalue weighted by Gasteiger charge is 2.52. The van der Waals surface area contributed by atoms with Crippen molar-refractivity contribution in [2.45, 2.75) is 74.4 Å². The summed E-state index contributed by atoms with van der Waals surface area (Å²) in [6.07, 6.45) is -10.1. The number of aromatic amines is 1. The van der Waals surface area contributed by atoms with Crippen LogP contribution in [0.2, 0.25) is 0 Å². The lowest BCUT2D eigenvalue weighted by Gasteiger charge is -2.35. The largest absolute Gasteiger partial charge is 0.456 e. The molecular formula is C23H31N5O13. The molecule has 0 radical (unpaired) electrons. The number of nitrogens with two attached hydrogens (primary N) is 1. The van der Waals surface area contributed by atoms with Crippen molar-refractivity contribution >= 4 is 17.7 Å². The highest BCUT2D eigenvalue weighted by atomic mass is 16.7. The topological polar surface area (TPSA) is 265 Å². The van der Waals surface area contributed by atoms with Gasteiger partial charge in [0.25, 0.3) is 17.4 Å². The van der Waals surface area contributed by atoms with Crippen LogP contribution in [0.1, 0.15) is 25.5 Å². The van der Waals surface area contributed by atoms with E-state index < -0.39 is 89.9 Å². The summed E-state index contributed by atoms with van der Waals surface area (Å²) in [7, 11) is 1.19. The van der Waals surface area contributed by atoms with Crippen LogP contribution < -0.4 is 22.3 Å². The Kier molecular flexibility index (Phi) is 9.22. The molecule has 9 atom stereocenters. The van der Waals surface area contributed by atoms with E-state index in [9.17, 15) is 44.5 Å². The molecule has 4 heterocycles. The molecule has 0 aliphatic carbocycles. The Hall–Kier alpha value is -3.65. The molecule has 1 aromatic heterocycles. The first kappa shape index (κ1) is 30.3. The van der Waals surface area contributed by atoms with Gasteiger partial charge in [0.1, 0.15) is 36.6 Å². The number of amides is 3. The maximum absolute atomic E-state index is 12.9. The molecular weight excluding hydrogens is 554 g/mol. The first-order valence-corrected chi connectivity index (χ1v) is 12.6. The van der Waals surface area contributed by atoms with Crippen LogP contribution in [0.3, 0.4) is 0 Å². The minimum absolute atomic E-state index is 0.0937. The molecule has 3 aliphatic rings. The van der Waals surface area contributed by atoms with Gasteiger partial charge in [0.05, 0.1) is 0 Å². The fraction of sp³-hybridized carbons (Fsp3) is 0.609. The number of nitrogens with one attached hydrogen (secondary N) is 2. The highest BCUT2D eigenvalue weighted by molar-refractivity contribution is 5.95. The molecule has 1 aromatic rings. The summed E-state index contributed by atoms with van der Waals surface area (Å²) in [4.78, 5) is 63.4. The van der Waals surface area contributed by atoms with Crippen molar-refractivity contribution in [3.8, 4) is 0 Å². The number of primary amides is 1. The molecule has 18 nitrogen and oxygen atoms in total. The molecule has 9 unspecified atom stereocenters. The van der Waals surface area contributed by atoms with Crippen molar-refractivity contribution in [3.63, 3.8) is 0 Å². The number of hydroxylamine groups is 2. The number of H-pyrrole nitrogens is 1. The number of hydrogen-bond donors (Lipinski definition) is 7. The molecule has 2 saturated heterocycles. The number of methoxy groups -OCH3 is 1. The summed E-state index contributed by atoms with van der Waals surface area (Å²) in [5.41, 5.74) is 3.89. The van der Waals surface area contributed by atoms with Crippen LogP contribution in [-0.2, 0) is 33.3 Å². The normalized spacial score (nSPS) is 33.0. The quantitative estimate of drug-likeness (QED) is 0.142. The van der Waals surface area contributed by atoms with Gasteiger partial charge in [-0.3, -0.25) is 33.9 Å². The van der Waals surface area contributed by atoms with E-state index in [1.807, 2.05) is 4.98 Å². The van der Waals surface area contributed by atoms with Gasteiger partial charge >= 0.3 is 5.69 Å². The van der Waals surface area contributed by atoms with Crippen LogP contribution in [0, 0.1) is 0 Å². The van der Waals surface area contributed by atoms with Crippen LogP contribution in [0.5, 0.6) is 0 Å². The van der Waals surface area contributed by atoms with Gasteiger partial charge in [-0.05, 0) is 25.3 Å². The Morgan fingerprint density at radius 1 is 1.20 bits per heavy atom. The Morgan fingerprint density at radius 2 is 1.93 bits per heavy atom.